The van der Waals surface area contributed by atoms with Gasteiger partial charge in [0, 0.05) is 18.8 Å². The number of amides is 2. The van der Waals surface area contributed by atoms with E-state index in [9.17, 15) is 9.59 Å². The zero-order valence-electron chi connectivity index (χ0n) is 21.8. The summed E-state index contributed by atoms with van der Waals surface area (Å²) in [5, 5.41) is 5.09. The van der Waals surface area contributed by atoms with Crippen molar-refractivity contribution in [1.29, 1.82) is 0 Å². The predicted molar refractivity (Wildman–Crippen MR) is 143 cm³/mol. The Hall–Kier alpha value is -2.60. The van der Waals surface area contributed by atoms with E-state index in [1.807, 2.05) is 52.1 Å². The van der Waals surface area contributed by atoms with E-state index in [1.165, 1.54) is 28.1 Å². The Morgan fingerprint density at radius 1 is 1.18 bits per heavy atom. The summed E-state index contributed by atoms with van der Waals surface area (Å²) in [6.45, 7) is 15.0. The number of nitrogens with one attached hydrogen (secondary N) is 1. The van der Waals surface area contributed by atoms with Gasteiger partial charge in [-0.25, -0.2) is 4.79 Å². The molecule has 3 rings (SSSR count). The van der Waals surface area contributed by atoms with E-state index in [1.54, 1.807) is 4.90 Å². The number of ether oxygens (including phenoxy) is 1. The number of carbonyl (C=O) groups excluding carboxylic acids is 2. The van der Waals surface area contributed by atoms with Crippen LogP contribution in [-0.2, 0) is 4.74 Å². The maximum atomic E-state index is 12.7. The molecule has 0 fully saturated rings. The summed E-state index contributed by atoms with van der Waals surface area (Å²) in [6.07, 6.45) is 11.7. The number of thiophene rings is 1. The molecule has 0 aromatic carbocycles. The third kappa shape index (κ3) is 8.01. The molecule has 1 aromatic heterocycles. The summed E-state index contributed by atoms with van der Waals surface area (Å²) in [5.74, 6) is -0.0584. The van der Waals surface area contributed by atoms with Crippen LogP contribution in [0.4, 0.5) is 4.79 Å². The average Bonchev–Trinajstić information content (AvgIpc) is 3.31. The minimum atomic E-state index is -0.493. The molecule has 2 heterocycles. The van der Waals surface area contributed by atoms with Gasteiger partial charge in [0.25, 0.3) is 5.91 Å². The Kier molecular flexibility index (Phi) is 10.4. The van der Waals surface area contributed by atoms with Crippen LogP contribution in [0.2, 0.25) is 0 Å². The fourth-order valence-electron chi connectivity index (χ4n) is 3.76. The molecular weight excluding hydrogens is 444 g/mol. The molecule has 1 N–H and O–H groups in total. The molecular formula is C28H40N2O3S. The molecule has 6 heteroatoms. The second kappa shape index (κ2) is 12.7. The van der Waals surface area contributed by atoms with Crippen LogP contribution in [0.5, 0.6) is 0 Å². The van der Waals surface area contributed by atoms with Gasteiger partial charge in [0.05, 0.1) is 4.88 Å². The summed E-state index contributed by atoms with van der Waals surface area (Å²) < 4.78 is 5.45. The molecule has 0 spiro atoms. The fourth-order valence-corrected chi connectivity index (χ4v) is 4.59. The van der Waals surface area contributed by atoms with Gasteiger partial charge < -0.3 is 15.0 Å². The lowest BCUT2D eigenvalue weighted by Gasteiger charge is -2.29. The van der Waals surface area contributed by atoms with Gasteiger partial charge in [-0.1, -0.05) is 44.6 Å². The van der Waals surface area contributed by atoms with Crippen LogP contribution in [0.15, 0.2) is 52.6 Å². The number of carbonyl (C=O) groups is 2. The van der Waals surface area contributed by atoms with Gasteiger partial charge in [0.2, 0.25) is 0 Å². The monoisotopic (exact) mass is 484 g/mol. The molecule has 0 radical (unpaired) electrons. The van der Waals surface area contributed by atoms with Gasteiger partial charge in [0.1, 0.15) is 5.60 Å². The number of hydrogen-bond acceptors (Lipinski definition) is 4. The van der Waals surface area contributed by atoms with E-state index >= 15 is 0 Å². The summed E-state index contributed by atoms with van der Waals surface area (Å²) >= 11 is 1.46. The first-order chi connectivity index (χ1) is 16.2. The number of hydrogen-bond donors (Lipinski definition) is 1. The average molecular weight is 485 g/mol. The van der Waals surface area contributed by atoms with Crippen LogP contribution >= 0.6 is 11.3 Å². The molecule has 0 atom stereocenters. The smallest absolute Gasteiger partial charge is 0.410 e. The van der Waals surface area contributed by atoms with Crippen molar-refractivity contribution in [3.8, 4) is 0 Å². The van der Waals surface area contributed by atoms with Gasteiger partial charge in [-0.15, -0.1) is 11.3 Å². The van der Waals surface area contributed by atoms with Crippen molar-refractivity contribution in [2.24, 2.45) is 0 Å². The standard InChI is InChI=1S/C26H34N2O3S.C2H6/c1-6-7-18(2)19-8-10-22(11-9-19)27-24(29)23-16-21(17-32-23)20-12-14-28(15-13-20)25(30)31-26(3,4)5;1-2/h7-8,10,12,16-17H,6,9,11,13-15H2,1-5H3,(H,27,29);1-2H3/b18-7+;. The second-order valence-electron chi connectivity index (χ2n) is 9.24. The topological polar surface area (TPSA) is 58.6 Å². The lowest BCUT2D eigenvalue weighted by molar-refractivity contribution is 0.0270. The molecule has 1 aliphatic carbocycles. The maximum Gasteiger partial charge on any atom is 0.410 e. The second-order valence-corrected chi connectivity index (χ2v) is 10.1. The Labute approximate surface area is 209 Å². The molecule has 0 saturated heterocycles. The highest BCUT2D eigenvalue weighted by atomic mass is 32.1. The molecule has 1 aromatic rings. The first-order valence-corrected chi connectivity index (χ1v) is 13.2. The van der Waals surface area contributed by atoms with Crippen LogP contribution < -0.4 is 5.32 Å². The zero-order chi connectivity index (χ0) is 25.3. The van der Waals surface area contributed by atoms with Crippen LogP contribution in [0.3, 0.4) is 0 Å². The molecule has 2 amide bonds. The van der Waals surface area contributed by atoms with Crippen molar-refractivity contribution in [2.45, 2.75) is 79.8 Å². The Bertz CT molecular complexity index is 990. The molecule has 186 valence electrons. The molecule has 34 heavy (non-hydrogen) atoms. The van der Waals surface area contributed by atoms with Gasteiger partial charge in [-0.2, -0.15) is 0 Å². The van der Waals surface area contributed by atoms with E-state index in [0.717, 1.165) is 36.9 Å². The van der Waals surface area contributed by atoms with E-state index in [4.69, 9.17) is 4.74 Å². The zero-order valence-corrected chi connectivity index (χ0v) is 22.6. The predicted octanol–water partition coefficient (Wildman–Crippen LogP) is 7.49. The first kappa shape index (κ1) is 27.6. The third-order valence-corrected chi connectivity index (χ3v) is 6.42. The van der Waals surface area contributed by atoms with Gasteiger partial charge in [-0.3, -0.25) is 4.79 Å². The van der Waals surface area contributed by atoms with E-state index in [-0.39, 0.29) is 12.0 Å². The molecule has 1 aliphatic heterocycles. The SMILES string of the molecule is CC.CC/C=C(\C)C1=CC=C(NC(=O)c2cc(C3=CCN(C(=O)OC(C)(C)C)CC3)cs2)CC1. The molecule has 5 nitrogen and oxygen atoms in total. The van der Waals surface area contributed by atoms with Crippen LogP contribution in [0.1, 0.15) is 89.4 Å². The van der Waals surface area contributed by atoms with Crippen molar-refractivity contribution >= 4 is 28.9 Å². The van der Waals surface area contributed by atoms with Gasteiger partial charge in [0.15, 0.2) is 0 Å². The quantitative estimate of drug-likeness (QED) is 0.471. The summed E-state index contributed by atoms with van der Waals surface area (Å²) in [6, 6.07) is 1.95. The highest BCUT2D eigenvalue weighted by molar-refractivity contribution is 7.12. The summed E-state index contributed by atoms with van der Waals surface area (Å²) in [5.41, 5.74) is 5.36. The Morgan fingerprint density at radius 2 is 1.91 bits per heavy atom. The van der Waals surface area contributed by atoms with Crippen molar-refractivity contribution in [1.82, 2.24) is 10.2 Å². The molecule has 0 saturated carbocycles. The summed E-state index contributed by atoms with van der Waals surface area (Å²) in [7, 11) is 0. The lowest BCUT2D eigenvalue weighted by Crippen LogP contribution is -2.39. The van der Waals surface area contributed by atoms with Crippen molar-refractivity contribution in [3.05, 3.63) is 63.0 Å². The number of rotatable bonds is 5. The van der Waals surface area contributed by atoms with E-state index in [0.29, 0.717) is 18.0 Å². The van der Waals surface area contributed by atoms with Crippen LogP contribution in [0.25, 0.3) is 5.57 Å². The molecule has 0 unspecified atom stereocenters. The van der Waals surface area contributed by atoms with E-state index in [2.05, 4.69) is 37.4 Å². The van der Waals surface area contributed by atoms with Crippen molar-refractivity contribution in [2.75, 3.05) is 13.1 Å². The largest absolute Gasteiger partial charge is 0.444 e. The number of nitrogens with zero attached hydrogens (tertiary/aromatic N) is 1. The van der Waals surface area contributed by atoms with Gasteiger partial charge in [-0.05, 0) is 87.6 Å². The normalized spacial score (nSPS) is 16.5. The van der Waals surface area contributed by atoms with Crippen LogP contribution in [0, 0.1) is 0 Å². The molecule has 0 bridgehead atoms. The van der Waals surface area contributed by atoms with Crippen molar-refractivity contribution in [3.63, 3.8) is 0 Å². The minimum Gasteiger partial charge on any atom is -0.444 e. The fraction of sp³-hybridized carbons (Fsp3) is 0.500. The Morgan fingerprint density at radius 3 is 2.47 bits per heavy atom. The summed E-state index contributed by atoms with van der Waals surface area (Å²) in [4.78, 5) is 27.4. The Balaban J connectivity index is 0.00000199. The minimum absolute atomic E-state index is 0.0584. The maximum absolute atomic E-state index is 12.7. The van der Waals surface area contributed by atoms with E-state index < -0.39 is 5.60 Å². The lowest BCUT2D eigenvalue weighted by atomic mass is 9.96. The first-order valence-electron chi connectivity index (χ1n) is 12.3. The molecule has 2 aliphatic rings. The third-order valence-electron chi connectivity index (χ3n) is 5.50. The highest BCUT2D eigenvalue weighted by Crippen LogP contribution is 2.28. The number of allylic oxidation sites excluding steroid dienone is 6. The van der Waals surface area contributed by atoms with Crippen LogP contribution in [-0.4, -0.2) is 35.6 Å². The highest BCUT2D eigenvalue weighted by Gasteiger charge is 2.24. The van der Waals surface area contributed by atoms with Gasteiger partial charge >= 0.3 is 6.09 Å². The van der Waals surface area contributed by atoms with Crippen molar-refractivity contribution < 1.29 is 14.3 Å².